The average Bonchev–Trinajstić information content (AvgIpc) is 1.97. The Bertz CT molecular complexity index is 76.8. The summed E-state index contributed by atoms with van der Waals surface area (Å²) in [5.74, 6) is 0. The summed E-state index contributed by atoms with van der Waals surface area (Å²) in [6.45, 7) is 6.56. The van der Waals surface area contributed by atoms with E-state index in [-0.39, 0.29) is 0 Å². The first kappa shape index (κ1) is 9.70. The number of rotatable bonds is 6. The van der Waals surface area contributed by atoms with Crippen molar-refractivity contribution < 1.29 is 0 Å². The Morgan fingerprint density at radius 2 is 2.00 bits per heavy atom. The monoisotopic (exact) mass is 141 g/mol. The lowest BCUT2D eigenvalue weighted by molar-refractivity contribution is 0.681. The first-order chi connectivity index (χ1) is 4.91. The van der Waals surface area contributed by atoms with E-state index in [1.165, 1.54) is 12.8 Å². The van der Waals surface area contributed by atoms with Crippen LogP contribution in [0.25, 0.3) is 0 Å². The van der Waals surface area contributed by atoms with Crippen molar-refractivity contribution in [2.24, 2.45) is 0 Å². The molecule has 0 radical (unpaired) electrons. The molecule has 1 nitrogen and oxygen atoms in total. The van der Waals surface area contributed by atoms with Gasteiger partial charge in [0, 0.05) is 6.54 Å². The number of nitrogens with one attached hydrogen (secondary N) is 1. The van der Waals surface area contributed by atoms with E-state index in [2.05, 4.69) is 31.3 Å². The lowest BCUT2D eigenvalue weighted by Crippen LogP contribution is -2.14. The quantitative estimate of drug-likeness (QED) is 0.442. The lowest BCUT2D eigenvalue weighted by Gasteiger charge is -1.97. The van der Waals surface area contributed by atoms with Gasteiger partial charge in [0.05, 0.1) is 0 Å². The molecule has 0 aromatic heterocycles. The molecule has 0 aliphatic carbocycles. The topological polar surface area (TPSA) is 12.0 Å². The molecule has 0 unspecified atom stereocenters. The van der Waals surface area contributed by atoms with Crippen LogP contribution in [-0.2, 0) is 0 Å². The Morgan fingerprint density at radius 3 is 2.60 bits per heavy atom. The number of allylic oxidation sites excluding steroid dienone is 1. The zero-order valence-corrected chi connectivity index (χ0v) is 7.19. The zero-order chi connectivity index (χ0) is 7.66. The standard InChI is InChI=1S/C9H19N/c1-3-5-7-9-10-8-6-4-2/h5,7,10H,3-4,6,8-9H2,1-2H3. The minimum Gasteiger partial charge on any atom is -0.313 e. The van der Waals surface area contributed by atoms with Gasteiger partial charge in [-0.3, -0.25) is 0 Å². The zero-order valence-electron chi connectivity index (χ0n) is 7.19. The van der Waals surface area contributed by atoms with Crippen LogP contribution < -0.4 is 5.32 Å². The van der Waals surface area contributed by atoms with Gasteiger partial charge in [0.2, 0.25) is 0 Å². The molecule has 0 saturated heterocycles. The second-order valence-electron chi connectivity index (χ2n) is 2.44. The molecule has 0 heterocycles. The highest BCUT2D eigenvalue weighted by molar-refractivity contribution is 4.81. The molecule has 0 bridgehead atoms. The highest BCUT2D eigenvalue weighted by Crippen LogP contribution is 1.82. The van der Waals surface area contributed by atoms with Crippen molar-refractivity contribution in [1.29, 1.82) is 0 Å². The van der Waals surface area contributed by atoms with Crippen molar-refractivity contribution in [3.8, 4) is 0 Å². The lowest BCUT2D eigenvalue weighted by atomic mass is 10.3. The maximum Gasteiger partial charge on any atom is 0.0134 e. The van der Waals surface area contributed by atoms with Gasteiger partial charge >= 0.3 is 0 Å². The summed E-state index contributed by atoms with van der Waals surface area (Å²) in [7, 11) is 0. The Kier molecular flexibility index (Phi) is 8.44. The third-order valence-electron chi connectivity index (χ3n) is 1.37. The molecular formula is C9H19N. The molecule has 0 aliphatic heterocycles. The fourth-order valence-corrected chi connectivity index (χ4v) is 0.737. The second kappa shape index (κ2) is 8.70. The van der Waals surface area contributed by atoms with Gasteiger partial charge in [-0.15, -0.1) is 0 Å². The largest absolute Gasteiger partial charge is 0.313 e. The summed E-state index contributed by atoms with van der Waals surface area (Å²) < 4.78 is 0. The summed E-state index contributed by atoms with van der Waals surface area (Å²) in [6.07, 6.45) is 8.11. The molecule has 0 amide bonds. The normalized spacial score (nSPS) is 11.0. The van der Waals surface area contributed by atoms with Gasteiger partial charge in [-0.25, -0.2) is 0 Å². The van der Waals surface area contributed by atoms with Crippen LogP contribution in [0.5, 0.6) is 0 Å². The molecule has 60 valence electrons. The predicted octanol–water partition coefficient (Wildman–Crippen LogP) is 2.34. The first-order valence-corrected chi connectivity index (χ1v) is 4.27. The average molecular weight is 141 g/mol. The fraction of sp³-hybridized carbons (Fsp3) is 0.778. The third-order valence-corrected chi connectivity index (χ3v) is 1.37. The fourth-order valence-electron chi connectivity index (χ4n) is 0.737. The van der Waals surface area contributed by atoms with Crippen molar-refractivity contribution in [1.82, 2.24) is 5.32 Å². The molecule has 0 aromatic carbocycles. The van der Waals surface area contributed by atoms with Crippen LogP contribution in [-0.4, -0.2) is 13.1 Å². The second-order valence-corrected chi connectivity index (χ2v) is 2.44. The molecule has 0 spiro atoms. The Balaban J connectivity index is 2.83. The van der Waals surface area contributed by atoms with Crippen LogP contribution in [0.15, 0.2) is 12.2 Å². The predicted molar refractivity (Wildman–Crippen MR) is 47.2 cm³/mol. The van der Waals surface area contributed by atoms with E-state index in [0.29, 0.717) is 0 Å². The van der Waals surface area contributed by atoms with E-state index in [4.69, 9.17) is 0 Å². The van der Waals surface area contributed by atoms with Crippen molar-refractivity contribution >= 4 is 0 Å². The minimum absolute atomic E-state index is 1.04. The summed E-state index contributed by atoms with van der Waals surface area (Å²) in [4.78, 5) is 0. The van der Waals surface area contributed by atoms with Crippen molar-refractivity contribution in [2.75, 3.05) is 13.1 Å². The van der Waals surface area contributed by atoms with Gasteiger partial charge in [-0.05, 0) is 19.4 Å². The van der Waals surface area contributed by atoms with Crippen LogP contribution in [0.3, 0.4) is 0 Å². The molecule has 0 atom stereocenters. The van der Waals surface area contributed by atoms with E-state index in [9.17, 15) is 0 Å². The van der Waals surface area contributed by atoms with E-state index in [0.717, 1.165) is 19.5 Å². The third kappa shape index (κ3) is 7.70. The highest BCUT2D eigenvalue weighted by Gasteiger charge is 1.80. The summed E-state index contributed by atoms with van der Waals surface area (Å²) in [6, 6.07) is 0. The van der Waals surface area contributed by atoms with Crippen molar-refractivity contribution in [3.63, 3.8) is 0 Å². The van der Waals surface area contributed by atoms with Crippen molar-refractivity contribution in [3.05, 3.63) is 12.2 Å². The summed E-state index contributed by atoms with van der Waals surface area (Å²) >= 11 is 0. The summed E-state index contributed by atoms with van der Waals surface area (Å²) in [5, 5.41) is 3.33. The molecule has 0 aromatic rings. The minimum atomic E-state index is 1.04. The van der Waals surface area contributed by atoms with E-state index < -0.39 is 0 Å². The molecule has 1 heteroatoms. The molecular weight excluding hydrogens is 122 g/mol. The number of unbranched alkanes of at least 4 members (excludes halogenated alkanes) is 1. The summed E-state index contributed by atoms with van der Waals surface area (Å²) in [5.41, 5.74) is 0. The molecule has 0 aliphatic rings. The first-order valence-electron chi connectivity index (χ1n) is 4.27. The van der Waals surface area contributed by atoms with Crippen molar-refractivity contribution in [2.45, 2.75) is 33.1 Å². The van der Waals surface area contributed by atoms with Crippen LogP contribution in [0, 0.1) is 0 Å². The van der Waals surface area contributed by atoms with Gasteiger partial charge < -0.3 is 5.32 Å². The maximum atomic E-state index is 3.33. The Labute approximate surface area is 64.5 Å². The molecule has 0 saturated carbocycles. The van der Waals surface area contributed by atoms with Gasteiger partial charge in [0.15, 0.2) is 0 Å². The Hall–Kier alpha value is -0.300. The van der Waals surface area contributed by atoms with Crippen LogP contribution in [0.1, 0.15) is 33.1 Å². The molecule has 1 N–H and O–H groups in total. The Morgan fingerprint density at radius 1 is 1.20 bits per heavy atom. The van der Waals surface area contributed by atoms with Gasteiger partial charge in [-0.1, -0.05) is 32.4 Å². The number of hydrogen-bond acceptors (Lipinski definition) is 1. The highest BCUT2D eigenvalue weighted by atomic mass is 14.8. The smallest absolute Gasteiger partial charge is 0.0134 e. The molecule has 0 fully saturated rings. The number of hydrogen-bond donors (Lipinski definition) is 1. The van der Waals surface area contributed by atoms with E-state index in [1.54, 1.807) is 0 Å². The van der Waals surface area contributed by atoms with Gasteiger partial charge in [0.25, 0.3) is 0 Å². The van der Waals surface area contributed by atoms with Crippen LogP contribution >= 0.6 is 0 Å². The molecule has 10 heavy (non-hydrogen) atoms. The van der Waals surface area contributed by atoms with Crippen LogP contribution in [0.2, 0.25) is 0 Å². The SMILES string of the molecule is CCC=CCNCCCC. The van der Waals surface area contributed by atoms with Gasteiger partial charge in [0.1, 0.15) is 0 Å². The van der Waals surface area contributed by atoms with E-state index >= 15 is 0 Å². The van der Waals surface area contributed by atoms with Gasteiger partial charge in [-0.2, -0.15) is 0 Å². The maximum absolute atomic E-state index is 3.33. The molecule has 0 rings (SSSR count). The van der Waals surface area contributed by atoms with E-state index in [1.807, 2.05) is 0 Å². The van der Waals surface area contributed by atoms with Crippen LogP contribution in [0.4, 0.5) is 0 Å².